The Balaban J connectivity index is 1.72. The van der Waals surface area contributed by atoms with Gasteiger partial charge in [-0.3, -0.25) is 13.9 Å². The average molecular weight is 600 g/mol. The van der Waals surface area contributed by atoms with Gasteiger partial charge < -0.3 is 10.2 Å². The Morgan fingerprint density at radius 2 is 1.66 bits per heavy atom. The van der Waals surface area contributed by atoms with Gasteiger partial charge in [0, 0.05) is 24.0 Å². The lowest BCUT2D eigenvalue weighted by Gasteiger charge is -2.34. The van der Waals surface area contributed by atoms with Gasteiger partial charge in [0.05, 0.1) is 11.9 Å². The summed E-state index contributed by atoms with van der Waals surface area (Å²) in [4.78, 5) is 29.3. The summed E-state index contributed by atoms with van der Waals surface area (Å²) >= 11 is 6.29. The fourth-order valence-electron chi connectivity index (χ4n) is 5.06. The quantitative estimate of drug-likeness (QED) is 0.326. The van der Waals surface area contributed by atoms with Crippen LogP contribution in [0.5, 0.6) is 0 Å². The Bertz CT molecular complexity index is 1460. The second kappa shape index (κ2) is 13.5. The summed E-state index contributed by atoms with van der Waals surface area (Å²) in [5.74, 6) is -1.30. The molecule has 0 aromatic heterocycles. The molecule has 4 rings (SSSR count). The molecular formula is C31H35ClFN3O4S. The SMILES string of the molecule is Cc1ccc(N(CC(=O)N(Cc2ccc(F)cc2)C(Cc2ccccc2)C(=O)NC2CCCC2)S(C)(=O)=O)cc1Cl. The van der Waals surface area contributed by atoms with Crippen LogP contribution in [0.4, 0.5) is 10.1 Å². The molecule has 1 fully saturated rings. The van der Waals surface area contributed by atoms with Gasteiger partial charge in [0.15, 0.2) is 0 Å². The summed E-state index contributed by atoms with van der Waals surface area (Å²) in [6.07, 6.45) is 5.02. The minimum atomic E-state index is -3.90. The predicted octanol–water partition coefficient (Wildman–Crippen LogP) is 5.25. The molecule has 3 aromatic rings. The van der Waals surface area contributed by atoms with E-state index in [2.05, 4.69) is 5.32 Å². The van der Waals surface area contributed by atoms with Crippen LogP contribution < -0.4 is 9.62 Å². The highest BCUT2D eigenvalue weighted by molar-refractivity contribution is 7.92. The van der Waals surface area contributed by atoms with Crippen LogP contribution in [0.1, 0.15) is 42.4 Å². The number of anilines is 1. The van der Waals surface area contributed by atoms with Gasteiger partial charge in [-0.05, 0) is 60.7 Å². The van der Waals surface area contributed by atoms with Crippen molar-refractivity contribution in [2.24, 2.45) is 0 Å². The van der Waals surface area contributed by atoms with Crippen molar-refractivity contribution in [1.29, 1.82) is 0 Å². The standard InChI is InChI=1S/C31H35ClFN3O4S/c1-22-12-17-27(19-28(22)32)36(41(2,39)40)21-30(37)35(20-24-13-15-25(33)16-14-24)29(18-23-8-4-3-5-9-23)31(38)34-26-10-6-7-11-26/h3-5,8-9,12-17,19,26,29H,6-7,10-11,18,20-21H2,1-2H3,(H,34,38). The molecule has 0 bridgehead atoms. The number of benzene rings is 3. The van der Waals surface area contributed by atoms with Crippen LogP contribution in [0, 0.1) is 12.7 Å². The van der Waals surface area contributed by atoms with Crippen LogP contribution in [0.25, 0.3) is 0 Å². The molecule has 10 heteroatoms. The zero-order valence-electron chi connectivity index (χ0n) is 23.2. The lowest BCUT2D eigenvalue weighted by molar-refractivity contribution is -0.140. The molecule has 0 heterocycles. The van der Waals surface area contributed by atoms with Crippen molar-refractivity contribution in [3.05, 3.63) is 100 Å². The topological polar surface area (TPSA) is 86.8 Å². The number of hydrogen-bond acceptors (Lipinski definition) is 4. The van der Waals surface area contributed by atoms with Crippen molar-refractivity contribution in [1.82, 2.24) is 10.2 Å². The molecule has 1 unspecified atom stereocenters. The molecule has 0 radical (unpaired) electrons. The van der Waals surface area contributed by atoms with Gasteiger partial charge in [-0.1, -0.05) is 73.0 Å². The maximum atomic E-state index is 14.1. The van der Waals surface area contributed by atoms with Crippen LogP contribution in [-0.4, -0.2) is 50.0 Å². The number of carbonyl (C=O) groups is 2. The van der Waals surface area contributed by atoms with Crippen molar-refractivity contribution in [3.63, 3.8) is 0 Å². The molecule has 0 saturated heterocycles. The van der Waals surface area contributed by atoms with Gasteiger partial charge in [-0.2, -0.15) is 0 Å². The van der Waals surface area contributed by atoms with Gasteiger partial charge in [-0.15, -0.1) is 0 Å². The fourth-order valence-corrected chi connectivity index (χ4v) is 6.07. The number of rotatable bonds is 11. The van der Waals surface area contributed by atoms with Crippen molar-refractivity contribution in [2.75, 3.05) is 17.1 Å². The van der Waals surface area contributed by atoms with E-state index < -0.39 is 34.3 Å². The van der Waals surface area contributed by atoms with E-state index in [9.17, 15) is 22.4 Å². The molecule has 7 nitrogen and oxygen atoms in total. The molecule has 2 amide bonds. The van der Waals surface area contributed by atoms with Gasteiger partial charge in [0.1, 0.15) is 18.4 Å². The normalized spacial score (nSPS) is 14.4. The predicted molar refractivity (Wildman–Crippen MR) is 160 cm³/mol. The summed E-state index contributed by atoms with van der Waals surface area (Å²) in [7, 11) is -3.90. The van der Waals surface area contributed by atoms with Gasteiger partial charge in [0.2, 0.25) is 21.8 Å². The van der Waals surface area contributed by atoms with Crippen LogP contribution >= 0.6 is 11.6 Å². The molecule has 0 spiro atoms. The third kappa shape index (κ3) is 8.30. The highest BCUT2D eigenvalue weighted by Gasteiger charge is 2.34. The summed E-state index contributed by atoms with van der Waals surface area (Å²) in [5, 5.41) is 3.48. The monoisotopic (exact) mass is 599 g/mol. The molecule has 1 saturated carbocycles. The number of hydrogen-bond donors (Lipinski definition) is 1. The van der Waals surface area contributed by atoms with Gasteiger partial charge in [0.25, 0.3) is 0 Å². The molecule has 1 N–H and O–H groups in total. The van der Waals surface area contributed by atoms with Gasteiger partial charge >= 0.3 is 0 Å². The maximum absolute atomic E-state index is 14.1. The van der Waals surface area contributed by atoms with Crippen molar-refractivity contribution >= 4 is 39.1 Å². The van der Waals surface area contributed by atoms with E-state index in [1.165, 1.54) is 23.1 Å². The largest absolute Gasteiger partial charge is 0.352 e. The third-order valence-corrected chi connectivity index (χ3v) is 8.91. The number of aryl methyl sites for hydroxylation is 1. The Morgan fingerprint density at radius 3 is 2.27 bits per heavy atom. The Kier molecular flexibility index (Phi) is 10.0. The molecule has 41 heavy (non-hydrogen) atoms. The first kappa shape index (κ1) is 30.5. The molecule has 3 aromatic carbocycles. The van der Waals surface area contributed by atoms with E-state index in [0.717, 1.165) is 47.4 Å². The number of halogens is 2. The van der Waals surface area contributed by atoms with Crippen molar-refractivity contribution < 1.29 is 22.4 Å². The van der Waals surface area contributed by atoms with E-state index >= 15 is 0 Å². The molecule has 1 aliphatic rings. The summed E-state index contributed by atoms with van der Waals surface area (Å²) < 4.78 is 40.5. The van der Waals surface area contributed by atoms with Crippen LogP contribution in [0.3, 0.4) is 0 Å². The summed E-state index contributed by atoms with van der Waals surface area (Å²) in [5.41, 5.74) is 2.46. The highest BCUT2D eigenvalue weighted by Crippen LogP contribution is 2.26. The number of nitrogens with zero attached hydrogens (tertiary/aromatic N) is 2. The number of nitrogens with one attached hydrogen (secondary N) is 1. The van der Waals surface area contributed by atoms with E-state index in [1.807, 2.05) is 30.3 Å². The third-order valence-electron chi connectivity index (χ3n) is 7.36. The second-order valence-corrected chi connectivity index (χ2v) is 12.9. The molecular weight excluding hydrogens is 565 g/mol. The highest BCUT2D eigenvalue weighted by atomic mass is 35.5. The van der Waals surface area contributed by atoms with E-state index in [1.54, 1.807) is 31.2 Å². The average Bonchev–Trinajstić information content (AvgIpc) is 3.45. The second-order valence-electron chi connectivity index (χ2n) is 10.5. The van der Waals surface area contributed by atoms with Crippen LogP contribution in [-0.2, 0) is 32.6 Å². The molecule has 1 aliphatic carbocycles. The molecule has 218 valence electrons. The first-order chi connectivity index (χ1) is 19.5. The van der Waals surface area contributed by atoms with Gasteiger partial charge in [-0.25, -0.2) is 12.8 Å². The first-order valence-electron chi connectivity index (χ1n) is 13.6. The van der Waals surface area contributed by atoms with Crippen LogP contribution in [0.15, 0.2) is 72.8 Å². The van der Waals surface area contributed by atoms with Crippen molar-refractivity contribution in [3.8, 4) is 0 Å². The minimum Gasteiger partial charge on any atom is -0.352 e. The minimum absolute atomic E-state index is 0.0129. The summed E-state index contributed by atoms with van der Waals surface area (Å²) in [6.45, 7) is 1.24. The van der Waals surface area contributed by atoms with E-state index in [0.29, 0.717) is 10.6 Å². The Morgan fingerprint density at radius 1 is 1.00 bits per heavy atom. The number of sulfonamides is 1. The van der Waals surface area contributed by atoms with Crippen LogP contribution in [0.2, 0.25) is 5.02 Å². The van der Waals surface area contributed by atoms with E-state index in [4.69, 9.17) is 11.6 Å². The molecule has 1 atom stereocenters. The Labute approximate surface area is 246 Å². The Hall–Kier alpha value is -3.43. The first-order valence-corrected chi connectivity index (χ1v) is 15.9. The number of carbonyl (C=O) groups excluding carboxylic acids is 2. The lowest BCUT2D eigenvalue weighted by atomic mass is 10.0. The zero-order valence-corrected chi connectivity index (χ0v) is 24.8. The smallest absolute Gasteiger partial charge is 0.244 e. The van der Waals surface area contributed by atoms with Crippen molar-refractivity contribution in [2.45, 2.75) is 57.7 Å². The summed E-state index contributed by atoms with van der Waals surface area (Å²) in [6, 6.07) is 18.9. The zero-order chi connectivity index (χ0) is 29.6. The fraction of sp³-hybridized carbons (Fsp3) is 0.355. The molecule has 0 aliphatic heterocycles. The van der Waals surface area contributed by atoms with E-state index in [-0.39, 0.29) is 30.6 Å². The number of amides is 2. The maximum Gasteiger partial charge on any atom is 0.244 e. The lowest BCUT2D eigenvalue weighted by Crippen LogP contribution is -2.54.